The van der Waals surface area contributed by atoms with Crippen LogP contribution in [-0.2, 0) is 6.54 Å². The Hall–Kier alpha value is -1.17. The van der Waals surface area contributed by atoms with Gasteiger partial charge in [0.2, 0.25) is 0 Å². The number of urea groups is 1. The number of amides is 2. The molecule has 2 amide bonds. The molecule has 0 unspecified atom stereocenters. The van der Waals surface area contributed by atoms with Crippen molar-refractivity contribution in [2.45, 2.75) is 50.1 Å². The Bertz CT molecular complexity index is 423. The first-order valence-corrected chi connectivity index (χ1v) is 8.42. The Kier molecular flexibility index (Phi) is 5.34. The topological polar surface area (TPSA) is 50.2 Å². The van der Waals surface area contributed by atoms with Gasteiger partial charge in [0.15, 0.2) is 0 Å². The van der Waals surface area contributed by atoms with Crippen molar-refractivity contribution in [3.05, 3.63) is 18.7 Å². The van der Waals surface area contributed by atoms with Gasteiger partial charge < -0.3 is 14.8 Å². The highest BCUT2D eigenvalue weighted by Gasteiger charge is 2.32. The summed E-state index contributed by atoms with van der Waals surface area (Å²) in [4.78, 5) is 18.2. The van der Waals surface area contributed by atoms with E-state index < -0.39 is 0 Å². The van der Waals surface area contributed by atoms with E-state index in [1.807, 2.05) is 41.4 Å². The molecular formula is C14H24N4OS. The summed E-state index contributed by atoms with van der Waals surface area (Å²) in [6.45, 7) is 2.77. The van der Waals surface area contributed by atoms with E-state index in [-0.39, 0.29) is 12.1 Å². The quantitative estimate of drug-likeness (QED) is 0.906. The van der Waals surface area contributed by atoms with Crippen LogP contribution in [0.1, 0.15) is 26.2 Å². The molecule has 1 fully saturated rings. The average molecular weight is 296 g/mol. The maximum atomic E-state index is 12.3. The van der Waals surface area contributed by atoms with E-state index in [0.29, 0.717) is 11.3 Å². The molecule has 0 radical (unpaired) electrons. The van der Waals surface area contributed by atoms with Gasteiger partial charge in [0, 0.05) is 43.3 Å². The van der Waals surface area contributed by atoms with Crippen LogP contribution in [0.25, 0.3) is 0 Å². The molecule has 1 heterocycles. The zero-order valence-corrected chi connectivity index (χ0v) is 13.3. The average Bonchev–Trinajstić information content (AvgIpc) is 3.07. The summed E-state index contributed by atoms with van der Waals surface area (Å²) < 4.78 is 1.98. The van der Waals surface area contributed by atoms with E-state index in [2.05, 4.69) is 16.6 Å². The summed E-state index contributed by atoms with van der Waals surface area (Å²) >= 11 is 1.87. The molecule has 20 heavy (non-hydrogen) atoms. The van der Waals surface area contributed by atoms with Crippen LogP contribution < -0.4 is 5.32 Å². The van der Waals surface area contributed by atoms with Crippen LogP contribution in [0.2, 0.25) is 0 Å². The van der Waals surface area contributed by atoms with Crippen molar-refractivity contribution in [1.29, 1.82) is 0 Å². The molecule has 0 saturated heterocycles. The van der Waals surface area contributed by atoms with E-state index in [1.54, 1.807) is 12.5 Å². The summed E-state index contributed by atoms with van der Waals surface area (Å²) in [5.74, 6) is 0. The zero-order chi connectivity index (χ0) is 14.5. The number of imidazole rings is 1. The molecule has 6 heteroatoms. The number of carbonyl (C=O) groups is 1. The number of nitrogens with one attached hydrogen (secondary N) is 1. The molecule has 1 aliphatic carbocycles. The van der Waals surface area contributed by atoms with E-state index in [4.69, 9.17) is 0 Å². The maximum Gasteiger partial charge on any atom is 0.317 e. The Morgan fingerprint density at radius 2 is 2.40 bits per heavy atom. The Labute approximate surface area is 125 Å². The zero-order valence-electron chi connectivity index (χ0n) is 12.5. The molecule has 0 aromatic carbocycles. The minimum absolute atomic E-state index is 0.0311. The second-order valence-corrected chi connectivity index (χ2v) is 6.57. The van der Waals surface area contributed by atoms with Gasteiger partial charge in [-0.05, 0) is 26.0 Å². The summed E-state index contributed by atoms with van der Waals surface area (Å²) in [6.07, 6.45) is 11.1. The summed E-state index contributed by atoms with van der Waals surface area (Å²) in [5.41, 5.74) is 0. The molecule has 1 aromatic rings. The highest BCUT2D eigenvalue weighted by atomic mass is 32.2. The molecule has 1 saturated carbocycles. The Morgan fingerprint density at radius 1 is 1.60 bits per heavy atom. The molecule has 5 nitrogen and oxygen atoms in total. The number of carbonyl (C=O) groups excluding carboxylic acids is 1. The highest BCUT2D eigenvalue weighted by Crippen LogP contribution is 2.31. The molecule has 112 valence electrons. The third-order valence-electron chi connectivity index (χ3n) is 3.95. The van der Waals surface area contributed by atoms with Gasteiger partial charge >= 0.3 is 6.03 Å². The fourth-order valence-electron chi connectivity index (χ4n) is 2.84. The highest BCUT2D eigenvalue weighted by molar-refractivity contribution is 7.99. The number of rotatable bonds is 5. The number of aromatic nitrogens is 2. The smallest absolute Gasteiger partial charge is 0.317 e. The van der Waals surface area contributed by atoms with Crippen molar-refractivity contribution in [2.24, 2.45) is 0 Å². The first kappa shape index (κ1) is 15.2. The molecule has 1 N–H and O–H groups in total. The van der Waals surface area contributed by atoms with Gasteiger partial charge in [0.1, 0.15) is 0 Å². The molecule has 0 spiro atoms. The van der Waals surface area contributed by atoms with Crippen molar-refractivity contribution in [1.82, 2.24) is 19.8 Å². The number of hydrogen-bond acceptors (Lipinski definition) is 3. The van der Waals surface area contributed by atoms with E-state index in [0.717, 1.165) is 13.0 Å². The largest absolute Gasteiger partial charge is 0.335 e. The van der Waals surface area contributed by atoms with Crippen molar-refractivity contribution in [3.63, 3.8) is 0 Å². The predicted molar refractivity (Wildman–Crippen MR) is 82.9 cm³/mol. The van der Waals surface area contributed by atoms with Crippen molar-refractivity contribution < 1.29 is 4.79 Å². The van der Waals surface area contributed by atoms with Gasteiger partial charge in [-0.3, -0.25) is 0 Å². The van der Waals surface area contributed by atoms with Gasteiger partial charge in [-0.25, -0.2) is 9.78 Å². The van der Waals surface area contributed by atoms with Crippen molar-refractivity contribution in [2.75, 3.05) is 13.3 Å². The molecular weight excluding hydrogens is 272 g/mol. The lowest BCUT2D eigenvalue weighted by Crippen LogP contribution is -2.49. The summed E-state index contributed by atoms with van der Waals surface area (Å²) in [6, 6.07) is 0.488. The third-order valence-corrected chi connectivity index (χ3v) is 5.11. The minimum atomic E-state index is 0.0311. The van der Waals surface area contributed by atoms with Gasteiger partial charge in [-0.2, -0.15) is 11.8 Å². The second kappa shape index (κ2) is 7.02. The molecule has 0 bridgehead atoms. The lowest BCUT2D eigenvalue weighted by Gasteiger charge is -2.30. The fourth-order valence-corrected chi connectivity index (χ4v) is 3.88. The Morgan fingerprint density at radius 3 is 3.05 bits per heavy atom. The first-order valence-electron chi connectivity index (χ1n) is 7.13. The van der Waals surface area contributed by atoms with Gasteiger partial charge in [-0.1, -0.05) is 6.42 Å². The fraction of sp³-hybridized carbons (Fsp3) is 0.714. The molecule has 2 rings (SSSR count). The van der Waals surface area contributed by atoms with Crippen molar-refractivity contribution >= 4 is 17.8 Å². The van der Waals surface area contributed by atoms with Crippen molar-refractivity contribution in [3.8, 4) is 0 Å². The van der Waals surface area contributed by atoms with Crippen LogP contribution >= 0.6 is 11.8 Å². The number of thioether (sulfide) groups is 1. The summed E-state index contributed by atoms with van der Waals surface area (Å²) in [5, 5.41) is 3.65. The monoisotopic (exact) mass is 296 g/mol. The molecule has 1 aliphatic rings. The van der Waals surface area contributed by atoms with Gasteiger partial charge in [0.05, 0.1) is 6.33 Å². The van der Waals surface area contributed by atoms with Crippen LogP contribution in [0, 0.1) is 0 Å². The standard InChI is InChI=1S/C14H24N4OS/c1-11(9-18-8-7-15-10-18)16-14(19)17(2)12-5-4-6-13(12)20-3/h7-8,10-13H,4-6,9H2,1-3H3,(H,16,19)/t11-,12-,13-/m1/s1. The normalized spacial score (nSPS) is 23.6. The maximum absolute atomic E-state index is 12.3. The van der Waals surface area contributed by atoms with Gasteiger partial charge in [0.25, 0.3) is 0 Å². The number of hydrogen-bond donors (Lipinski definition) is 1. The first-order chi connectivity index (χ1) is 9.61. The van der Waals surface area contributed by atoms with Crippen LogP contribution in [0.15, 0.2) is 18.7 Å². The van der Waals surface area contributed by atoms with Gasteiger partial charge in [-0.15, -0.1) is 0 Å². The van der Waals surface area contributed by atoms with E-state index in [1.165, 1.54) is 12.8 Å². The Balaban J connectivity index is 1.84. The van der Waals surface area contributed by atoms with E-state index in [9.17, 15) is 4.79 Å². The lowest BCUT2D eigenvalue weighted by atomic mass is 10.2. The number of nitrogens with zero attached hydrogens (tertiary/aromatic N) is 3. The molecule has 0 aliphatic heterocycles. The minimum Gasteiger partial charge on any atom is -0.335 e. The molecule has 1 aromatic heterocycles. The lowest BCUT2D eigenvalue weighted by molar-refractivity contribution is 0.187. The SMILES string of the molecule is CS[C@@H]1CCC[C@H]1N(C)C(=O)N[C@H](C)Cn1ccnc1. The summed E-state index contributed by atoms with van der Waals surface area (Å²) in [7, 11) is 1.92. The second-order valence-electron chi connectivity index (χ2n) is 5.49. The van der Waals surface area contributed by atoms with Crippen LogP contribution in [-0.4, -0.2) is 51.1 Å². The van der Waals surface area contributed by atoms with Crippen LogP contribution in [0.3, 0.4) is 0 Å². The predicted octanol–water partition coefficient (Wildman–Crippen LogP) is 2.20. The third kappa shape index (κ3) is 3.69. The molecule has 3 atom stereocenters. The van der Waals surface area contributed by atoms with Crippen LogP contribution in [0.4, 0.5) is 4.79 Å². The van der Waals surface area contributed by atoms with Crippen LogP contribution in [0.5, 0.6) is 0 Å². The van der Waals surface area contributed by atoms with E-state index >= 15 is 0 Å².